The highest BCUT2D eigenvalue weighted by atomic mass is 32.1. The first-order valence-corrected chi connectivity index (χ1v) is 7.06. The molecular weight excluding hydrogens is 218 g/mol. The molecular formula is C13H17NOS. The zero-order chi connectivity index (χ0) is 11.0. The Hall–Kier alpha value is -0.830. The lowest BCUT2D eigenvalue weighted by Crippen LogP contribution is -2.38. The van der Waals surface area contributed by atoms with Gasteiger partial charge in [0.05, 0.1) is 0 Å². The Kier molecular flexibility index (Phi) is 2.72. The van der Waals surface area contributed by atoms with E-state index in [2.05, 4.69) is 16.3 Å². The van der Waals surface area contributed by atoms with Crippen molar-refractivity contribution in [1.82, 2.24) is 4.90 Å². The van der Waals surface area contributed by atoms with E-state index in [0.717, 1.165) is 32.4 Å². The summed E-state index contributed by atoms with van der Waals surface area (Å²) in [6.45, 7) is 1.79. The van der Waals surface area contributed by atoms with E-state index >= 15 is 0 Å². The topological polar surface area (TPSA) is 20.3 Å². The first kappa shape index (κ1) is 10.3. The maximum absolute atomic E-state index is 12.3. The van der Waals surface area contributed by atoms with E-state index in [4.69, 9.17) is 0 Å². The molecule has 3 heteroatoms. The predicted octanol–water partition coefficient (Wildman–Crippen LogP) is 2.82. The molecule has 86 valence electrons. The van der Waals surface area contributed by atoms with Crippen LogP contribution in [0.2, 0.25) is 0 Å². The quantitative estimate of drug-likeness (QED) is 0.733. The van der Waals surface area contributed by atoms with Crippen LogP contribution in [0.1, 0.15) is 36.1 Å². The van der Waals surface area contributed by atoms with Gasteiger partial charge in [-0.3, -0.25) is 4.79 Å². The van der Waals surface area contributed by atoms with E-state index in [9.17, 15) is 4.79 Å². The normalized spacial score (nSPS) is 21.1. The van der Waals surface area contributed by atoms with E-state index in [1.807, 2.05) is 11.3 Å². The number of hydrogen-bond donors (Lipinski definition) is 0. The van der Waals surface area contributed by atoms with Crippen LogP contribution in [0.3, 0.4) is 0 Å². The van der Waals surface area contributed by atoms with Crippen LogP contribution in [-0.4, -0.2) is 17.4 Å². The number of thiophene rings is 1. The van der Waals surface area contributed by atoms with E-state index in [-0.39, 0.29) is 0 Å². The molecule has 2 nitrogen and oxygen atoms in total. The second-order valence-electron chi connectivity index (χ2n) is 4.86. The molecule has 1 fully saturated rings. The number of nitrogens with zero attached hydrogens (tertiary/aromatic N) is 1. The molecule has 1 amide bonds. The van der Waals surface area contributed by atoms with Gasteiger partial charge in [0.2, 0.25) is 5.91 Å². The Balaban J connectivity index is 1.71. The summed E-state index contributed by atoms with van der Waals surface area (Å²) in [4.78, 5) is 15.8. The first-order valence-electron chi connectivity index (χ1n) is 6.18. The van der Waals surface area contributed by atoms with Crippen molar-refractivity contribution in [2.45, 2.75) is 38.6 Å². The largest absolute Gasteiger partial charge is 0.338 e. The molecule has 1 aliphatic heterocycles. The molecule has 1 saturated carbocycles. The van der Waals surface area contributed by atoms with Crippen LogP contribution in [0.15, 0.2) is 11.4 Å². The number of amides is 1. The molecule has 0 atom stereocenters. The average Bonchev–Trinajstić information content (AvgIpc) is 2.98. The first-order chi connectivity index (χ1) is 7.84. The molecule has 0 aromatic carbocycles. The lowest BCUT2D eigenvalue weighted by molar-refractivity contribution is -0.136. The number of hydrogen-bond acceptors (Lipinski definition) is 2. The third-order valence-electron chi connectivity index (χ3n) is 3.82. The SMILES string of the molecule is O=C(C1CCCC1)N1CCc2sccc2C1. The molecule has 1 aromatic heterocycles. The Morgan fingerprint density at radius 3 is 3.00 bits per heavy atom. The van der Waals surface area contributed by atoms with E-state index in [1.165, 1.54) is 23.3 Å². The zero-order valence-corrected chi connectivity index (χ0v) is 10.3. The Morgan fingerprint density at radius 2 is 2.19 bits per heavy atom. The molecule has 0 radical (unpaired) electrons. The molecule has 16 heavy (non-hydrogen) atoms. The van der Waals surface area contributed by atoms with Crippen LogP contribution in [0.25, 0.3) is 0 Å². The van der Waals surface area contributed by atoms with Crippen molar-refractivity contribution < 1.29 is 4.79 Å². The number of fused-ring (bicyclic) bond motifs is 1. The highest BCUT2D eigenvalue weighted by Gasteiger charge is 2.29. The van der Waals surface area contributed by atoms with Gasteiger partial charge in [0.25, 0.3) is 0 Å². The van der Waals surface area contributed by atoms with Crippen LogP contribution in [0.5, 0.6) is 0 Å². The summed E-state index contributed by atoms with van der Waals surface area (Å²) in [6, 6.07) is 2.17. The maximum atomic E-state index is 12.3. The minimum absolute atomic E-state index is 0.334. The lowest BCUT2D eigenvalue weighted by Gasteiger charge is -2.29. The molecule has 2 heterocycles. The van der Waals surface area contributed by atoms with Gasteiger partial charge in [-0.15, -0.1) is 11.3 Å². The van der Waals surface area contributed by atoms with Crippen molar-refractivity contribution in [3.8, 4) is 0 Å². The molecule has 0 spiro atoms. The Morgan fingerprint density at radius 1 is 1.38 bits per heavy atom. The van der Waals surface area contributed by atoms with Gasteiger partial charge in [-0.25, -0.2) is 0 Å². The molecule has 0 unspecified atom stereocenters. The van der Waals surface area contributed by atoms with Crippen LogP contribution >= 0.6 is 11.3 Å². The van der Waals surface area contributed by atoms with E-state index in [0.29, 0.717) is 11.8 Å². The second-order valence-corrected chi connectivity index (χ2v) is 5.86. The van der Waals surface area contributed by atoms with Crippen molar-refractivity contribution in [1.29, 1.82) is 0 Å². The van der Waals surface area contributed by atoms with Crippen LogP contribution in [-0.2, 0) is 17.8 Å². The Bertz CT molecular complexity index is 392. The summed E-state index contributed by atoms with van der Waals surface area (Å²) in [7, 11) is 0. The standard InChI is InChI=1S/C13H17NOS/c15-13(10-3-1-2-4-10)14-7-5-12-11(9-14)6-8-16-12/h6,8,10H,1-5,7,9H2. The van der Waals surface area contributed by atoms with Crippen molar-refractivity contribution in [2.24, 2.45) is 5.92 Å². The fourth-order valence-corrected chi connectivity index (χ4v) is 3.76. The van der Waals surface area contributed by atoms with Gasteiger partial charge < -0.3 is 4.90 Å². The smallest absolute Gasteiger partial charge is 0.225 e. The minimum Gasteiger partial charge on any atom is -0.338 e. The van der Waals surface area contributed by atoms with Crippen LogP contribution < -0.4 is 0 Å². The number of carbonyl (C=O) groups is 1. The van der Waals surface area contributed by atoms with Gasteiger partial charge >= 0.3 is 0 Å². The van der Waals surface area contributed by atoms with Crippen LogP contribution in [0.4, 0.5) is 0 Å². The van der Waals surface area contributed by atoms with Crippen molar-refractivity contribution in [3.05, 3.63) is 21.9 Å². The van der Waals surface area contributed by atoms with E-state index < -0.39 is 0 Å². The third-order valence-corrected chi connectivity index (χ3v) is 4.85. The van der Waals surface area contributed by atoms with Gasteiger partial charge in [-0.2, -0.15) is 0 Å². The number of rotatable bonds is 1. The monoisotopic (exact) mass is 235 g/mol. The predicted molar refractivity (Wildman–Crippen MR) is 65.4 cm³/mol. The molecule has 3 rings (SSSR count). The fraction of sp³-hybridized carbons (Fsp3) is 0.615. The summed E-state index contributed by atoms with van der Waals surface area (Å²) >= 11 is 1.83. The van der Waals surface area contributed by atoms with Crippen molar-refractivity contribution in [3.63, 3.8) is 0 Å². The van der Waals surface area contributed by atoms with Crippen molar-refractivity contribution in [2.75, 3.05) is 6.54 Å². The van der Waals surface area contributed by atoms with Gasteiger partial charge in [0.15, 0.2) is 0 Å². The van der Waals surface area contributed by atoms with Crippen molar-refractivity contribution >= 4 is 17.2 Å². The summed E-state index contributed by atoms with van der Waals surface area (Å²) in [5.41, 5.74) is 1.38. The second kappa shape index (κ2) is 4.21. The highest BCUT2D eigenvalue weighted by molar-refractivity contribution is 7.10. The van der Waals surface area contributed by atoms with Gasteiger partial charge in [-0.05, 0) is 36.3 Å². The molecule has 1 aromatic rings. The zero-order valence-electron chi connectivity index (χ0n) is 9.45. The minimum atomic E-state index is 0.334. The third kappa shape index (κ3) is 1.77. The van der Waals surface area contributed by atoms with E-state index in [1.54, 1.807) is 0 Å². The highest BCUT2D eigenvalue weighted by Crippen LogP contribution is 2.30. The summed E-state index contributed by atoms with van der Waals surface area (Å²) in [5, 5.41) is 2.15. The molecule has 1 aliphatic carbocycles. The van der Waals surface area contributed by atoms with Gasteiger partial charge in [0, 0.05) is 23.9 Å². The summed E-state index contributed by atoms with van der Waals surface area (Å²) in [5.74, 6) is 0.745. The Labute approximate surface area is 100 Å². The summed E-state index contributed by atoms with van der Waals surface area (Å²) < 4.78 is 0. The van der Waals surface area contributed by atoms with Gasteiger partial charge in [-0.1, -0.05) is 12.8 Å². The molecule has 0 bridgehead atoms. The number of carbonyl (C=O) groups excluding carboxylic acids is 1. The lowest BCUT2D eigenvalue weighted by atomic mass is 10.0. The fourth-order valence-electron chi connectivity index (χ4n) is 2.87. The maximum Gasteiger partial charge on any atom is 0.225 e. The van der Waals surface area contributed by atoms with Gasteiger partial charge in [0.1, 0.15) is 0 Å². The average molecular weight is 235 g/mol. The summed E-state index contributed by atoms with van der Waals surface area (Å²) in [6.07, 6.45) is 5.78. The molecule has 2 aliphatic rings. The van der Waals surface area contributed by atoms with Crippen LogP contribution in [0, 0.1) is 5.92 Å². The molecule has 0 N–H and O–H groups in total. The molecule has 0 saturated heterocycles.